The molecule has 2 N–H and O–H groups in total. The second kappa shape index (κ2) is 10.1. The molecule has 0 aromatic carbocycles. The number of guanidine groups is 1. The van der Waals surface area contributed by atoms with Crippen molar-refractivity contribution in [3.8, 4) is 0 Å². The number of hydrogen-bond acceptors (Lipinski definition) is 2. The highest BCUT2D eigenvalue weighted by molar-refractivity contribution is 14.0. The number of amides is 1. The van der Waals surface area contributed by atoms with Gasteiger partial charge in [-0.1, -0.05) is 0 Å². The van der Waals surface area contributed by atoms with E-state index >= 15 is 0 Å². The first kappa shape index (κ1) is 20.3. The lowest BCUT2D eigenvalue weighted by Gasteiger charge is -2.15. The molecule has 1 aliphatic rings. The summed E-state index contributed by atoms with van der Waals surface area (Å²) in [7, 11) is 0. The number of carbonyl (C=O) groups excluding carboxylic acids is 1. The van der Waals surface area contributed by atoms with E-state index in [0.29, 0.717) is 6.54 Å². The van der Waals surface area contributed by atoms with Gasteiger partial charge in [0, 0.05) is 26.2 Å². The number of nitrogens with one attached hydrogen (secondary N) is 2. The number of hydrogen-bond donors (Lipinski definition) is 2. The first-order valence-corrected chi connectivity index (χ1v) is 6.79. The lowest BCUT2D eigenvalue weighted by molar-refractivity contribution is -0.133. The SMILES string of the molecule is CCNC(=NCC(=O)N1CCCC1)NCCC(F)(F)F.I. The van der Waals surface area contributed by atoms with Crippen LogP contribution in [0.15, 0.2) is 4.99 Å². The van der Waals surface area contributed by atoms with Gasteiger partial charge in [0.1, 0.15) is 6.54 Å². The maximum Gasteiger partial charge on any atom is 0.390 e. The third kappa shape index (κ3) is 8.99. The van der Waals surface area contributed by atoms with E-state index in [-0.39, 0.29) is 48.9 Å². The van der Waals surface area contributed by atoms with Crippen LogP contribution in [0.4, 0.5) is 13.2 Å². The Labute approximate surface area is 139 Å². The second-order valence-electron chi connectivity index (χ2n) is 4.58. The molecule has 1 aliphatic heterocycles. The van der Waals surface area contributed by atoms with E-state index in [2.05, 4.69) is 15.6 Å². The largest absolute Gasteiger partial charge is 0.390 e. The zero-order valence-corrected chi connectivity index (χ0v) is 14.3. The van der Waals surface area contributed by atoms with Crippen LogP contribution < -0.4 is 10.6 Å². The lowest BCUT2D eigenvalue weighted by Crippen LogP contribution is -2.40. The molecule has 1 saturated heterocycles. The summed E-state index contributed by atoms with van der Waals surface area (Å²) in [5.74, 6) is 0.153. The van der Waals surface area contributed by atoms with Gasteiger partial charge in [-0.2, -0.15) is 13.2 Å². The number of rotatable bonds is 5. The van der Waals surface area contributed by atoms with Gasteiger partial charge in [-0.15, -0.1) is 24.0 Å². The van der Waals surface area contributed by atoms with Gasteiger partial charge in [-0.05, 0) is 19.8 Å². The maximum absolute atomic E-state index is 12.0. The fourth-order valence-electron chi connectivity index (χ4n) is 1.88. The van der Waals surface area contributed by atoms with Crippen LogP contribution in [0.1, 0.15) is 26.2 Å². The predicted octanol–water partition coefficient (Wildman–Crippen LogP) is 1.73. The van der Waals surface area contributed by atoms with E-state index < -0.39 is 12.6 Å². The van der Waals surface area contributed by atoms with Crippen LogP contribution in [0, 0.1) is 0 Å². The molecule has 0 radical (unpaired) electrons. The molecular formula is C12H22F3IN4O. The molecular weight excluding hydrogens is 400 g/mol. The van der Waals surface area contributed by atoms with E-state index in [1.54, 1.807) is 4.90 Å². The van der Waals surface area contributed by atoms with Crippen molar-refractivity contribution in [1.82, 2.24) is 15.5 Å². The summed E-state index contributed by atoms with van der Waals surface area (Å²) in [5, 5.41) is 5.39. The van der Waals surface area contributed by atoms with Gasteiger partial charge < -0.3 is 15.5 Å². The Balaban J connectivity index is 0.00000400. The standard InChI is InChI=1S/C12H21F3N4O.HI/c1-2-16-11(17-6-5-12(13,14)15)18-9-10(20)19-7-3-4-8-19;/h2-9H2,1H3,(H2,16,17,18);1H. The van der Waals surface area contributed by atoms with E-state index in [4.69, 9.17) is 0 Å². The highest BCUT2D eigenvalue weighted by atomic mass is 127. The van der Waals surface area contributed by atoms with Crippen molar-refractivity contribution in [2.75, 3.05) is 32.7 Å². The van der Waals surface area contributed by atoms with Gasteiger partial charge in [-0.25, -0.2) is 4.99 Å². The van der Waals surface area contributed by atoms with Gasteiger partial charge >= 0.3 is 6.18 Å². The molecule has 1 amide bonds. The molecule has 0 bridgehead atoms. The van der Waals surface area contributed by atoms with Gasteiger partial charge in [0.05, 0.1) is 6.42 Å². The summed E-state index contributed by atoms with van der Waals surface area (Å²) in [6.45, 7) is 3.52. The molecule has 0 aromatic heterocycles. The normalized spacial score (nSPS) is 15.6. The smallest absolute Gasteiger partial charge is 0.357 e. The van der Waals surface area contributed by atoms with Gasteiger partial charge in [0.2, 0.25) is 5.91 Å². The molecule has 1 fully saturated rings. The molecule has 124 valence electrons. The van der Waals surface area contributed by atoms with Crippen molar-refractivity contribution in [2.24, 2.45) is 4.99 Å². The predicted molar refractivity (Wildman–Crippen MR) is 85.9 cm³/mol. The molecule has 0 saturated carbocycles. The molecule has 0 spiro atoms. The Bertz CT molecular complexity index is 344. The van der Waals surface area contributed by atoms with E-state index in [9.17, 15) is 18.0 Å². The van der Waals surface area contributed by atoms with Crippen molar-refractivity contribution in [3.63, 3.8) is 0 Å². The van der Waals surface area contributed by atoms with Crippen LogP contribution in [0.3, 0.4) is 0 Å². The number of aliphatic imine (C=N–C) groups is 1. The molecule has 0 aromatic rings. The fourth-order valence-corrected chi connectivity index (χ4v) is 1.88. The molecule has 9 heteroatoms. The number of likely N-dealkylation sites (tertiary alicyclic amines) is 1. The summed E-state index contributed by atoms with van der Waals surface area (Å²) < 4.78 is 36.1. The Hall–Kier alpha value is -0.740. The summed E-state index contributed by atoms with van der Waals surface area (Å²) in [4.78, 5) is 17.5. The molecule has 1 rings (SSSR count). The van der Waals surface area contributed by atoms with Crippen LogP contribution in [0.2, 0.25) is 0 Å². The van der Waals surface area contributed by atoms with Crippen LogP contribution in [-0.4, -0.2) is 55.7 Å². The summed E-state index contributed by atoms with van der Waals surface area (Å²) in [6, 6.07) is 0. The number of alkyl halides is 3. The van der Waals surface area contributed by atoms with Crippen molar-refractivity contribution in [2.45, 2.75) is 32.4 Å². The summed E-state index contributed by atoms with van der Waals surface area (Å²) >= 11 is 0. The molecule has 0 atom stereocenters. The van der Waals surface area contributed by atoms with Crippen molar-refractivity contribution in [1.29, 1.82) is 0 Å². The van der Waals surface area contributed by atoms with E-state index in [1.165, 1.54) is 0 Å². The summed E-state index contributed by atoms with van der Waals surface area (Å²) in [6.07, 6.45) is -3.13. The van der Waals surface area contributed by atoms with Gasteiger partial charge in [0.25, 0.3) is 0 Å². The van der Waals surface area contributed by atoms with Crippen molar-refractivity contribution < 1.29 is 18.0 Å². The highest BCUT2D eigenvalue weighted by Gasteiger charge is 2.26. The third-order valence-electron chi connectivity index (χ3n) is 2.88. The zero-order chi connectivity index (χ0) is 15.0. The van der Waals surface area contributed by atoms with Crippen LogP contribution >= 0.6 is 24.0 Å². The van der Waals surface area contributed by atoms with Gasteiger partial charge in [-0.3, -0.25) is 4.79 Å². The first-order valence-electron chi connectivity index (χ1n) is 6.79. The molecule has 5 nitrogen and oxygen atoms in total. The quantitative estimate of drug-likeness (QED) is 0.403. The topological polar surface area (TPSA) is 56.7 Å². The minimum absolute atomic E-state index is 0. The fraction of sp³-hybridized carbons (Fsp3) is 0.833. The molecule has 1 heterocycles. The average molecular weight is 422 g/mol. The molecule has 0 aliphatic carbocycles. The van der Waals surface area contributed by atoms with Gasteiger partial charge in [0.15, 0.2) is 5.96 Å². The Morgan fingerprint density at radius 2 is 1.86 bits per heavy atom. The number of halogens is 4. The Morgan fingerprint density at radius 3 is 2.38 bits per heavy atom. The minimum Gasteiger partial charge on any atom is -0.357 e. The van der Waals surface area contributed by atoms with Crippen molar-refractivity contribution >= 4 is 35.8 Å². The molecule has 0 unspecified atom stereocenters. The Kier molecular flexibility index (Phi) is 9.71. The van der Waals surface area contributed by atoms with Crippen molar-refractivity contribution in [3.05, 3.63) is 0 Å². The molecule has 21 heavy (non-hydrogen) atoms. The second-order valence-corrected chi connectivity index (χ2v) is 4.58. The minimum atomic E-state index is -4.20. The van der Waals surface area contributed by atoms with Crippen LogP contribution in [0.25, 0.3) is 0 Å². The summed E-state index contributed by atoms with van der Waals surface area (Å²) in [5.41, 5.74) is 0. The van der Waals surface area contributed by atoms with E-state index in [0.717, 1.165) is 25.9 Å². The van der Waals surface area contributed by atoms with E-state index in [1.807, 2.05) is 6.92 Å². The number of carbonyl (C=O) groups is 1. The van der Waals surface area contributed by atoms with Crippen LogP contribution in [0.5, 0.6) is 0 Å². The highest BCUT2D eigenvalue weighted by Crippen LogP contribution is 2.18. The zero-order valence-electron chi connectivity index (χ0n) is 12.0. The Morgan fingerprint density at radius 1 is 1.24 bits per heavy atom. The average Bonchev–Trinajstić information content (AvgIpc) is 2.88. The van der Waals surface area contributed by atoms with Crippen LogP contribution in [-0.2, 0) is 4.79 Å². The first-order chi connectivity index (χ1) is 9.42. The third-order valence-corrected chi connectivity index (χ3v) is 2.88. The maximum atomic E-state index is 12.0. The number of nitrogens with zero attached hydrogens (tertiary/aromatic N) is 2. The monoisotopic (exact) mass is 422 g/mol. The lowest BCUT2D eigenvalue weighted by atomic mass is 10.4.